The zero-order valence-electron chi connectivity index (χ0n) is 12.7. The first-order valence-corrected chi connectivity index (χ1v) is 6.99. The molecule has 1 heterocycles. The summed E-state index contributed by atoms with van der Waals surface area (Å²) in [4.78, 5) is 14.7. The molecule has 0 bridgehead atoms. The van der Waals surface area contributed by atoms with E-state index in [1.165, 1.54) is 0 Å². The summed E-state index contributed by atoms with van der Waals surface area (Å²) >= 11 is 0. The van der Waals surface area contributed by atoms with Crippen molar-refractivity contribution in [1.82, 2.24) is 4.98 Å². The molecule has 0 spiro atoms. The predicted octanol–water partition coefficient (Wildman–Crippen LogP) is 3.09. The maximum atomic E-state index is 12.1. The molecule has 0 atom stereocenters. The highest BCUT2D eigenvalue weighted by Crippen LogP contribution is 2.38. The number of fused-ring (bicyclic) bond motifs is 1. The minimum atomic E-state index is -0.471. The Labute approximate surface area is 132 Å². The van der Waals surface area contributed by atoms with Gasteiger partial charge in [-0.05, 0) is 42.0 Å². The first kappa shape index (κ1) is 14.7. The Bertz CT molecular complexity index is 1010. The summed E-state index contributed by atoms with van der Waals surface area (Å²) in [5, 5.41) is 21.3. The van der Waals surface area contributed by atoms with Gasteiger partial charge in [-0.15, -0.1) is 0 Å². The topological polar surface area (TPSA) is 86.1 Å². The predicted molar refractivity (Wildman–Crippen MR) is 87.7 cm³/mol. The number of H-pyrrole nitrogens is 1. The van der Waals surface area contributed by atoms with Gasteiger partial charge in [-0.25, -0.2) is 0 Å². The van der Waals surface area contributed by atoms with E-state index < -0.39 is 5.56 Å². The first-order chi connectivity index (χ1) is 11.0. The zero-order valence-corrected chi connectivity index (χ0v) is 12.7. The SMILES string of the molecule is COc1ccc2ccc(O)c(-c3cc(C)[nH]c(=O)c3C#N)c2c1. The third kappa shape index (κ3) is 2.40. The van der Waals surface area contributed by atoms with E-state index in [1.807, 2.05) is 18.2 Å². The van der Waals surface area contributed by atoms with E-state index >= 15 is 0 Å². The number of methoxy groups -OCH3 is 1. The molecular weight excluding hydrogens is 292 g/mol. The van der Waals surface area contributed by atoms with Crippen molar-refractivity contribution in [1.29, 1.82) is 5.26 Å². The monoisotopic (exact) mass is 306 g/mol. The number of phenols is 1. The van der Waals surface area contributed by atoms with Crippen molar-refractivity contribution >= 4 is 10.8 Å². The van der Waals surface area contributed by atoms with E-state index in [9.17, 15) is 15.2 Å². The van der Waals surface area contributed by atoms with Gasteiger partial charge in [-0.2, -0.15) is 5.26 Å². The van der Waals surface area contributed by atoms with Crippen LogP contribution in [0.15, 0.2) is 41.2 Å². The van der Waals surface area contributed by atoms with Crippen molar-refractivity contribution in [3.05, 3.63) is 58.0 Å². The number of aromatic amines is 1. The van der Waals surface area contributed by atoms with Gasteiger partial charge in [-0.1, -0.05) is 12.1 Å². The van der Waals surface area contributed by atoms with Crippen LogP contribution in [0.25, 0.3) is 21.9 Å². The van der Waals surface area contributed by atoms with E-state index in [4.69, 9.17) is 4.74 Å². The van der Waals surface area contributed by atoms with Crippen LogP contribution in [-0.2, 0) is 0 Å². The highest BCUT2D eigenvalue weighted by Gasteiger charge is 2.17. The van der Waals surface area contributed by atoms with Gasteiger partial charge in [0, 0.05) is 16.8 Å². The van der Waals surface area contributed by atoms with Crippen LogP contribution in [0, 0.1) is 18.3 Å². The number of aromatic nitrogens is 1. The van der Waals surface area contributed by atoms with Gasteiger partial charge in [0.15, 0.2) is 0 Å². The van der Waals surface area contributed by atoms with Gasteiger partial charge in [-0.3, -0.25) is 4.79 Å². The van der Waals surface area contributed by atoms with Gasteiger partial charge in [0.1, 0.15) is 23.1 Å². The number of nitrogens with one attached hydrogen (secondary N) is 1. The third-order valence-electron chi connectivity index (χ3n) is 3.76. The average molecular weight is 306 g/mol. The lowest BCUT2D eigenvalue weighted by molar-refractivity contribution is 0.415. The summed E-state index contributed by atoms with van der Waals surface area (Å²) in [6.07, 6.45) is 0. The molecule has 2 aromatic carbocycles. The highest BCUT2D eigenvalue weighted by molar-refractivity contribution is 6.01. The molecule has 0 aliphatic heterocycles. The number of hydrogen-bond acceptors (Lipinski definition) is 4. The molecule has 0 aliphatic carbocycles. The van der Waals surface area contributed by atoms with Crippen molar-refractivity contribution in [2.75, 3.05) is 7.11 Å². The lowest BCUT2D eigenvalue weighted by Gasteiger charge is -2.12. The second-order valence-electron chi connectivity index (χ2n) is 5.23. The van der Waals surface area contributed by atoms with Gasteiger partial charge in [0.05, 0.1) is 7.11 Å². The number of aromatic hydroxyl groups is 1. The highest BCUT2D eigenvalue weighted by atomic mass is 16.5. The fraction of sp³-hybridized carbons (Fsp3) is 0.111. The smallest absolute Gasteiger partial charge is 0.266 e. The number of benzene rings is 2. The molecule has 3 aromatic rings. The van der Waals surface area contributed by atoms with Gasteiger partial charge < -0.3 is 14.8 Å². The second-order valence-corrected chi connectivity index (χ2v) is 5.23. The first-order valence-electron chi connectivity index (χ1n) is 6.99. The van der Waals surface area contributed by atoms with Gasteiger partial charge >= 0.3 is 0 Å². The molecule has 3 rings (SSSR count). The van der Waals surface area contributed by atoms with Crippen LogP contribution < -0.4 is 10.3 Å². The molecule has 0 saturated carbocycles. The molecule has 23 heavy (non-hydrogen) atoms. The van der Waals surface area contributed by atoms with Crippen molar-refractivity contribution in [3.63, 3.8) is 0 Å². The normalized spacial score (nSPS) is 10.5. The van der Waals surface area contributed by atoms with Crippen molar-refractivity contribution in [2.45, 2.75) is 6.92 Å². The Morgan fingerprint density at radius 1 is 1.22 bits per heavy atom. The Kier molecular flexibility index (Phi) is 3.51. The summed E-state index contributed by atoms with van der Waals surface area (Å²) in [5.74, 6) is 0.636. The molecule has 5 nitrogen and oxygen atoms in total. The number of nitriles is 1. The number of pyridine rings is 1. The number of ether oxygens (including phenoxy) is 1. The number of aryl methyl sites for hydroxylation is 1. The summed E-state index contributed by atoms with van der Waals surface area (Å²) in [7, 11) is 1.56. The molecular formula is C18H14N2O3. The van der Waals surface area contributed by atoms with E-state index in [0.29, 0.717) is 28.0 Å². The van der Waals surface area contributed by atoms with E-state index in [-0.39, 0.29) is 11.3 Å². The Balaban J connectivity index is 2.48. The minimum Gasteiger partial charge on any atom is -0.507 e. The van der Waals surface area contributed by atoms with Crippen LogP contribution in [0.4, 0.5) is 0 Å². The lowest BCUT2D eigenvalue weighted by Crippen LogP contribution is -2.12. The Morgan fingerprint density at radius 3 is 2.65 bits per heavy atom. The maximum Gasteiger partial charge on any atom is 0.266 e. The maximum absolute atomic E-state index is 12.1. The van der Waals surface area contributed by atoms with Crippen LogP contribution in [0.1, 0.15) is 11.3 Å². The zero-order chi connectivity index (χ0) is 16.6. The summed E-state index contributed by atoms with van der Waals surface area (Å²) < 4.78 is 5.24. The molecule has 0 radical (unpaired) electrons. The molecule has 0 saturated heterocycles. The number of hydrogen-bond donors (Lipinski definition) is 2. The second kappa shape index (κ2) is 5.50. The summed E-state index contributed by atoms with van der Waals surface area (Å²) in [6, 6.07) is 12.4. The molecule has 0 unspecified atom stereocenters. The van der Waals surface area contributed by atoms with Crippen LogP contribution >= 0.6 is 0 Å². The number of rotatable bonds is 2. The third-order valence-corrected chi connectivity index (χ3v) is 3.76. The molecule has 0 fully saturated rings. The van der Waals surface area contributed by atoms with Crippen molar-refractivity contribution in [3.8, 4) is 28.7 Å². The van der Waals surface area contributed by atoms with Crippen LogP contribution in [0.3, 0.4) is 0 Å². The average Bonchev–Trinajstić information content (AvgIpc) is 2.53. The summed E-state index contributed by atoms with van der Waals surface area (Å²) in [5.41, 5.74) is 0.976. The molecule has 1 aromatic heterocycles. The summed E-state index contributed by atoms with van der Waals surface area (Å²) in [6.45, 7) is 1.73. The molecule has 0 aliphatic rings. The fourth-order valence-corrected chi connectivity index (χ4v) is 2.69. The van der Waals surface area contributed by atoms with E-state index in [2.05, 4.69) is 4.98 Å². The molecule has 114 valence electrons. The molecule has 0 amide bonds. The van der Waals surface area contributed by atoms with E-state index in [0.717, 1.165) is 5.39 Å². The van der Waals surface area contributed by atoms with Crippen LogP contribution in [-0.4, -0.2) is 17.2 Å². The number of nitrogens with zero attached hydrogens (tertiary/aromatic N) is 1. The van der Waals surface area contributed by atoms with Gasteiger partial charge in [0.25, 0.3) is 5.56 Å². The largest absolute Gasteiger partial charge is 0.507 e. The Morgan fingerprint density at radius 2 is 1.96 bits per heavy atom. The van der Waals surface area contributed by atoms with Crippen molar-refractivity contribution < 1.29 is 9.84 Å². The fourth-order valence-electron chi connectivity index (χ4n) is 2.69. The Hall–Kier alpha value is -3.26. The minimum absolute atomic E-state index is 0.00672. The van der Waals surface area contributed by atoms with Crippen LogP contribution in [0.2, 0.25) is 0 Å². The van der Waals surface area contributed by atoms with E-state index in [1.54, 1.807) is 38.3 Å². The van der Waals surface area contributed by atoms with Gasteiger partial charge in [0.2, 0.25) is 0 Å². The lowest BCUT2D eigenvalue weighted by atomic mass is 9.94. The number of phenolic OH excluding ortho intramolecular Hbond substituents is 1. The molecule has 5 heteroatoms. The van der Waals surface area contributed by atoms with Crippen LogP contribution in [0.5, 0.6) is 11.5 Å². The molecule has 2 N–H and O–H groups in total. The quantitative estimate of drug-likeness (QED) is 0.761. The van der Waals surface area contributed by atoms with Crippen molar-refractivity contribution in [2.24, 2.45) is 0 Å². The standard InChI is InChI=1S/C18H14N2O3/c1-10-7-14(15(9-19)18(22)20-10)17-13-8-12(23-2)5-3-11(13)4-6-16(17)21/h3-8,21H,1-2H3,(H,20,22).